The topological polar surface area (TPSA) is 123 Å². The van der Waals surface area contributed by atoms with E-state index in [0.717, 1.165) is 51.9 Å². The molecule has 2 aromatic heterocycles. The van der Waals surface area contributed by atoms with Crippen LogP contribution < -0.4 is 21.5 Å². The fourth-order valence-electron chi connectivity index (χ4n) is 6.45. The molecular weight excluding hydrogens is 509 g/mol. The molecule has 11 heteroatoms. The third-order valence-corrected chi connectivity index (χ3v) is 8.71. The first-order chi connectivity index (χ1) is 19.4. The highest BCUT2D eigenvalue weighted by Gasteiger charge is 2.39. The summed E-state index contributed by atoms with van der Waals surface area (Å²) in [5.74, 6) is -1.12. The summed E-state index contributed by atoms with van der Waals surface area (Å²) in [4.78, 5) is 13.8. The summed E-state index contributed by atoms with van der Waals surface area (Å²) in [5.41, 5.74) is 15.6. The second kappa shape index (κ2) is 9.69. The van der Waals surface area contributed by atoms with E-state index in [9.17, 15) is 0 Å². The van der Waals surface area contributed by atoms with Gasteiger partial charge in [-0.3, -0.25) is 10.6 Å². The molecular formula is C29H34FN9O. The smallest absolute Gasteiger partial charge is 0.266 e. The zero-order chi connectivity index (χ0) is 27.4. The number of nitrogens with two attached hydrogens (primary N) is 2. The predicted octanol–water partition coefficient (Wildman–Crippen LogP) is 3.52. The Morgan fingerprint density at radius 3 is 2.50 bits per heavy atom. The second-order valence-corrected chi connectivity index (χ2v) is 11.2. The number of aromatic nitrogens is 4. The maximum absolute atomic E-state index is 15.7. The Labute approximate surface area is 232 Å². The summed E-state index contributed by atoms with van der Waals surface area (Å²) in [7, 11) is 2.19. The number of hydrogen-bond donors (Lipinski definition) is 3. The Morgan fingerprint density at radius 2 is 1.75 bits per heavy atom. The van der Waals surface area contributed by atoms with Gasteiger partial charge in [0.2, 0.25) is 0 Å². The highest BCUT2D eigenvalue weighted by molar-refractivity contribution is 5.98. The minimum atomic E-state index is -1.52. The molecule has 4 aromatic rings. The van der Waals surface area contributed by atoms with Crippen LogP contribution in [0.25, 0.3) is 22.3 Å². The summed E-state index contributed by atoms with van der Waals surface area (Å²) >= 11 is 0. The van der Waals surface area contributed by atoms with Gasteiger partial charge in [0, 0.05) is 37.8 Å². The lowest BCUT2D eigenvalue weighted by Crippen LogP contribution is -2.49. The first-order valence-corrected chi connectivity index (χ1v) is 14.0. The summed E-state index contributed by atoms with van der Waals surface area (Å²) < 4.78 is 23.5. The summed E-state index contributed by atoms with van der Waals surface area (Å²) in [6.45, 7) is 4.50. The molecule has 4 heterocycles. The molecule has 1 saturated carbocycles. The zero-order valence-corrected chi connectivity index (χ0v) is 22.6. The van der Waals surface area contributed by atoms with Crippen LogP contribution in [-0.4, -0.2) is 68.8 Å². The van der Waals surface area contributed by atoms with Gasteiger partial charge in [0.1, 0.15) is 29.4 Å². The average molecular weight is 544 g/mol. The molecule has 0 bridgehead atoms. The molecule has 0 amide bonds. The molecule has 3 aliphatic rings. The Bertz CT molecular complexity index is 1530. The normalized spacial score (nSPS) is 25.5. The SMILES string of the molecule is CN1CCN(C2CCC(n3nc(-c4ccc(C5(N)Nc6ccccc6O5)c(F)c4)c4c(N)ncnc43)CC2)CC1. The lowest BCUT2D eigenvalue weighted by atomic mass is 9.90. The van der Waals surface area contributed by atoms with Crippen molar-refractivity contribution >= 4 is 22.5 Å². The molecule has 2 aliphatic heterocycles. The molecule has 2 aromatic carbocycles. The number of piperazine rings is 1. The first kappa shape index (κ1) is 25.2. The maximum Gasteiger partial charge on any atom is 0.266 e. The van der Waals surface area contributed by atoms with Gasteiger partial charge in [0.15, 0.2) is 5.65 Å². The van der Waals surface area contributed by atoms with Crippen molar-refractivity contribution in [3.05, 3.63) is 60.2 Å². The van der Waals surface area contributed by atoms with Gasteiger partial charge in [0.25, 0.3) is 5.85 Å². The van der Waals surface area contributed by atoms with Crippen LogP contribution >= 0.6 is 0 Å². The van der Waals surface area contributed by atoms with Crippen LogP contribution in [0.1, 0.15) is 37.3 Å². The van der Waals surface area contributed by atoms with Gasteiger partial charge < -0.3 is 20.7 Å². The number of rotatable bonds is 4. The minimum Gasteiger partial charge on any atom is -0.448 e. The third kappa shape index (κ3) is 4.25. The average Bonchev–Trinajstić information content (AvgIpc) is 3.52. The van der Waals surface area contributed by atoms with E-state index in [0.29, 0.717) is 45.6 Å². The summed E-state index contributed by atoms with van der Waals surface area (Å²) in [5, 5.41) is 8.71. The maximum atomic E-state index is 15.7. The van der Waals surface area contributed by atoms with E-state index in [2.05, 4.69) is 32.1 Å². The molecule has 1 atom stereocenters. The fraction of sp³-hybridized carbons (Fsp3) is 0.414. The Balaban J connectivity index is 1.17. The largest absolute Gasteiger partial charge is 0.448 e. The van der Waals surface area contributed by atoms with Crippen LogP contribution in [0.5, 0.6) is 5.75 Å². The zero-order valence-electron chi connectivity index (χ0n) is 22.6. The number of benzene rings is 2. The monoisotopic (exact) mass is 543 g/mol. The Morgan fingerprint density at radius 1 is 1.00 bits per heavy atom. The van der Waals surface area contributed by atoms with Crippen LogP contribution in [0.3, 0.4) is 0 Å². The van der Waals surface area contributed by atoms with Crippen molar-refractivity contribution in [1.29, 1.82) is 0 Å². The van der Waals surface area contributed by atoms with E-state index < -0.39 is 11.7 Å². The van der Waals surface area contributed by atoms with Gasteiger partial charge in [-0.05, 0) is 57.0 Å². The number of halogens is 1. The number of fused-ring (bicyclic) bond motifs is 2. The molecule has 0 radical (unpaired) electrons. The number of nitrogen functional groups attached to an aromatic ring is 1. The molecule has 2 fully saturated rings. The van der Waals surface area contributed by atoms with Crippen molar-refractivity contribution in [3.63, 3.8) is 0 Å². The van der Waals surface area contributed by atoms with Gasteiger partial charge in [-0.1, -0.05) is 18.2 Å². The van der Waals surface area contributed by atoms with Crippen LogP contribution in [0.15, 0.2) is 48.8 Å². The number of nitrogens with one attached hydrogen (secondary N) is 1. The van der Waals surface area contributed by atoms with E-state index in [1.165, 1.54) is 12.4 Å². The van der Waals surface area contributed by atoms with Gasteiger partial charge in [-0.2, -0.15) is 5.10 Å². The Kier molecular flexibility index (Phi) is 6.10. The van der Waals surface area contributed by atoms with Gasteiger partial charge in [-0.25, -0.2) is 19.0 Å². The molecule has 10 nitrogen and oxygen atoms in total. The van der Waals surface area contributed by atoms with Crippen molar-refractivity contribution in [3.8, 4) is 17.0 Å². The lowest BCUT2D eigenvalue weighted by Gasteiger charge is -2.41. The molecule has 40 heavy (non-hydrogen) atoms. The molecule has 5 N–H and O–H groups in total. The van der Waals surface area contributed by atoms with E-state index in [1.807, 2.05) is 22.9 Å². The molecule has 7 rings (SSSR count). The van der Waals surface area contributed by atoms with E-state index in [4.69, 9.17) is 21.3 Å². The number of ether oxygens (including phenoxy) is 1. The van der Waals surface area contributed by atoms with Crippen LogP contribution in [-0.2, 0) is 5.85 Å². The van der Waals surface area contributed by atoms with Crippen LogP contribution in [0, 0.1) is 5.82 Å². The molecule has 208 valence electrons. The quantitative estimate of drug-likeness (QED) is 0.355. The predicted molar refractivity (Wildman–Crippen MR) is 152 cm³/mol. The van der Waals surface area contributed by atoms with E-state index in [1.54, 1.807) is 18.2 Å². The lowest BCUT2D eigenvalue weighted by molar-refractivity contribution is 0.0815. The number of likely N-dealkylation sites (N-methyl/N-ethyl adjacent to an activating group) is 1. The molecule has 1 unspecified atom stereocenters. The van der Waals surface area contributed by atoms with Crippen molar-refractivity contribution in [2.75, 3.05) is 44.3 Å². The van der Waals surface area contributed by atoms with Gasteiger partial charge >= 0.3 is 0 Å². The first-order valence-electron chi connectivity index (χ1n) is 14.0. The minimum absolute atomic E-state index is 0.195. The van der Waals surface area contributed by atoms with Crippen LogP contribution in [0.4, 0.5) is 15.9 Å². The number of para-hydroxylation sites is 2. The fourth-order valence-corrected chi connectivity index (χ4v) is 6.45. The van der Waals surface area contributed by atoms with Gasteiger partial charge in [-0.15, -0.1) is 0 Å². The van der Waals surface area contributed by atoms with Crippen molar-refractivity contribution in [2.45, 2.75) is 43.6 Å². The molecule has 0 spiro atoms. The standard InChI is InChI=1S/C29H34FN9O/c1-37-12-14-38(15-13-37)19-7-9-20(10-8-19)39-28-25(27(31)33-17-34-28)26(36-39)18-6-11-21(22(30)16-18)29(32)35-23-4-2-3-5-24(23)40-29/h2-6,11,16-17,19-20,35H,7-10,12-15,32H2,1H3,(H2,31,33,34). The van der Waals surface area contributed by atoms with Gasteiger partial charge in [0.05, 0.1) is 22.7 Å². The highest BCUT2D eigenvalue weighted by Crippen LogP contribution is 2.41. The third-order valence-electron chi connectivity index (χ3n) is 8.71. The Hall–Kier alpha value is -3.80. The van der Waals surface area contributed by atoms with Crippen LogP contribution in [0.2, 0.25) is 0 Å². The molecule has 1 aliphatic carbocycles. The van der Waals surface area contributed by atoms with Crippen molar-refractivity contribution in [2.24, 2.45) is 5.73 Å². The van der Waals surface area contributed by atoms with Crippen molar-refractivity contribution < 1.29 is 9.13 Å². The molecule has 1 saturated heterocycles. The summed E-state index contributed by atoms with van der Waals surface area (Å²) in [6, 6.07) is 13.0. The van der Waals surface area contributed by atoms with Crippen molar-refractivity contribution in [1.82, 2.24) is 29.5 Å². The second-order valence-electron chi connectivity index (χ2n) is 11.2. The van der Waals surface area contributed by atoms with E-state index in [-0.39, 0.29) is 11.6 Å². The van der Waals surface area contributed by atoms with E-state index >= 15 is 4.39 Å². The number of hydrogen-bond acceptors (Lipinski definition) is 9. The number of nitrogens with zero attached hydrogens (tertiary/aromatic N) is 6. The number of anilines is 2. The highest BCUT2D eigenvalue weighted by atomic mass is 19.1. The summed E-state index contributed by atoms with van der Waals surface area (Å²) in [6.07, 6.45) is 5.71.